The lowest BCUT2D eigenvalue weighted by molar-refractivity contribution is -0.178. The zero-order valence-electron chi connectivity index (χ0n) is 11.6. The summed E-state index contributed by atoms with van der Waals surface area (Å²) in [5, 5.41) is 0. The molecule has 3 fully saturated rings. The Morgan fingerprint density at radius 1 is 1.11 bits per heavy atom. The molecule has 0 heterocycles. The second-order valence-electron chi connectivity index (χ2n) is 6.31. The highest BCUT2D eigenvalue weighted by Gasteiger charge is 2.57. The predicted octanol–water partition coefficient (Wildman–Crippen LogP) is 3.19. The SMILES string of the molecule is CCOC1CC(NOC2CCCC2)C12CCCC2. The van der Waals surface area contributed by atoms with E-state index in [1.807, 2.05) is 0 Å². The zero-order chi connectivity index (χ0) is 12.4. The van der Waals surface area contributed by atoms with E-state index in [1.54, 1.807) is 0 Å². The van der Waals surface area contributed by atoms with Gasteiger partial charge in [-0.25, -0.2) is 0 Å². The second-order valence-corrected chi connectivity index (χ2v) is 6.31. The molecule has 1 spiro atoms. The fourth-order valence-corrected chi connectivity index (χ4v) is 4.24. The normalized spacial score (nSPS) is 35.2. The lowest BCUT2D eigenvalue weighted by Crippen LogP contribution is -2.62. The lowest BCUT2D eigenvalue weighted by atomic mass is 9.61. The van der Waals surface area contributed by atoms with Gasteiger partial charge in [-0.15, -0.1) is 0 Å². The van der Waals surface area contributed by atoms with Crippen LogP contribution in [0, 0.1) is 5.41 Å². The topological polar surface area (TPSA) is 30.5 Å². The summed E-state index contributed by atoms with van der Waals surface area (Å²) in [4.78, 5) is 5.91. The van der Waals surface area contributed by atoms with Gasteiger partial charge in [0.1, 0.15) is 0 Å². The molecule has 3 nitrogen and oxygen atoms in total. The molecule has 0 aliphatic heterocycles. The van der Waals surface area contributed by atoms with Crippen LogP contribution in [-0.2, 0) is 9.57 Å². The van der Waals surface area contributed by atoms with Crippen molar-refractivity contribution in [1.82, 2.24) is 5.48 Å². The summed E-state index contributed by atoms with van der Waals surface area (Å²) < 4.78 is 5.92. The van der Waals surface area contributed by atoms with Crippen LogP contribution in [-0.4, -0.2) is 24.9 Å². The maximum absolute atomic E-state index is 5.92. The van der Waals surface area contributed by atoms with Crippen LogP contribution in [0.4, 0.5) is 0 Å². The van der Waals surface area contributed by atoms with Crippen molar-refractivity contribution >= 4 is 0 Å². The highest BCUT2D eigenvalue weighted by molar-refractivity contribution is 5.09. The molecule has 0 amide bonds. The van der Waals surface area contributed by atoms with E-state index in [0.29, 0.717) is 23.7 Å². The summed E-state index contributed by atoms with van der Waals surface area (Å²) in [6.07, 6.45) is 12.6. The smallest absolute Gasteiger partial charge is 0.0790 e. The third-order valence-corrected chi connectivity index (χ3v) is 5.37. The number of nitrogens with one attached hydrogen (secondary N) is 1. The molecule has 0 aromatic carbocycles. The quantitative estimate of drug-likeness (QED) is 0.763. The Bertz CT molecular complexity index is 270. The molecule has 0 radical (unpaired) electrons. The van der Waals surface area contributed by atoms with Gasteiger partial charge in [0.15, 0.2) is 0 Å². The van der Waals surface area contributed by atoms with Crippen molar-refractivity contribution in [2.24, 2.45) is 5.41 Å². The molecule has 3 saturated carbocycles. The Morgan fingerprint density at radius 2 is 1.83 bits per heavy atom. The van der Waals surface area contributed by atoms with Gasteiger partial charge in [-0.2, -0.15) is 5.48 Å². The van der Waals surface area contributed by atoms with Gasteiger partial charge in [-0.1, -0.05) is 25.7 Å². The summed E-state index contributed by atoms with van der Waals surface area (Å²) in [7, 11) is 0. The van der Waals surface area contributed by atoms with E-state index >= 15 is 0 Å². The van der Waals surface area contributed by atoms with Gasteiger partial charge in [0.25, 0.3) is 0 Å². The summed E-state index contributed by atoms with van der Waals surface area (Å²) in [6, 6.07) is 0.539. The molecule has 1 N–H and O–H groups in total. The predicted molar refractivity (Wildman–Crippen MR) is 71.2 cm³/mol. The van der Waals surface area contributed by atoms with E-state index in [1.165, 1.54) is 51.4 Å². The fourth-order valence-electron chi connectivity index (χ4n) is 4.24. The highest BCUT2D eigenvalue weighted by Crippen LogP contribution is 2.54. The Labute approximate surface area is 111 Å². The second kappa shape index (κ2) is 5.48. The van der Waals surface area contributed by atoms with E-state index in [4.69, 9.17) is 9.57 Å². The van der Waals surface area contributed by atoms with Crippen molar-refractivity contribution in [2.75, 3.05) is 6.61 Å². The Kier molecular flexibility index (Phi) is 3.92. The van der Waals surface area contributed by atoms with Crippen LogP contribution in [0.2, 0.25) is 0 Å². The van der Waals surface area contributed by atoms with Crippen LogP contribution in [0.3, 0.4) is 0 Å². The molecular weight excluding hydrogens is 226 g/mol. The van der Waals surface area contributed by atoms with Crippen molar-refractivity contribution in [3.05, 3.63) is 0 Å². The largest absolute Gasteiger partial charge is 0.378 e. The monoisotopic (exact) mass is 253 g/mol. The van der Waals surface area contributed by atoms with Crippen molar-refractivity contribution in [2.45, 2.75) is 83.0 Å². The minimum absolute atomic E-state index is 0.397. The molecule has 0 aromatic rings. The molecule has 3 aliphatic carbocycles. The van der Waals surface area contributed by atoms with E-state index in [9.17, 15) is 0 Å². The number of rotatable bonds is 5. The van der Waals surface area contributed by atoms with E-state index in [2.05, 4.69) is 12.4 Å². The van der Waals surface area contributed by atoms with Gasteiger partial charge in [0, 0.05) is 18.1 Å². The van der Waals surface area contributed by atoms with Gasteiger partial charge in [-0.3, -0.25) is 4.84 Å². The Morgan fingerprint density at radius 3 is 2.50 bits per heavy atom. The van der Waals surface area contributed by atoms with Crippen LogP contribution < -0.4 is 5.48 Å². The zero-order valence-corrected chi connectivity index (χ0v) is 11.6. The average molecular weight is 253 g/mol. The van der Waals surface area contributed by atoms with Gasteiger partial charge >= 0.3 is 0 Å². The van der Waals surface area contributed by atoms with Crippen LogP contribution in [0.5, 0.6) is 0 Å². The first kappa shape index (κ1) is 12.9. The van der Waals surface area contributed by atoms with Gasteiger partial charge in [0.2, 0.25) is 0 Å². The molecule has 2 atom stereocenters. The van der Waals surface area contributed by atoms with Gasteiger partial charge < -0.3 is 4.74 Å². The van der Waals surface area contributed by atoms with Crippen molar-refractivity contribution in [3.63, 3.8) is 0 Å². The molecule has 0 saturated heterocycles. The minimum Gasteiger partial charge on any atom is -0.378 e. The summed E-state index contributed by atoms with van der Waals surface area (Å²) in [5.41, 5.74) is 3.80. The van der Waals surface area contributed by atoms with E-state index in [0.717, 1.165) is 13.0 Å². The van der Waals surface area contributed by atoms with Crippen LogP contribution in [0.15, 0.2) is 0 Å². The first-order valence-corrected chi connectivity index (χ1v) is 7.88. The molecule has 0 bridgehead atoms. The van der Waals surface area contributed by atoms with Crippen LogP contribution in [0.25, 0.3) is 0 Å². The van der Waals surface area contributed by atoms with E-state index < -0.39 is 0 Å². The average Bonchev–Trinajstić information content (AvgIpc) is 3.03. The molecule has 18 heavy (non-hydrogen) atoms. The first-order chi connectivity index (χ1) is 8.85. The van der Waals surface area contributed by atoms with Crippen molar-refractivity contribution < 1.29 is 9.57 Å². The number of ether oxygens (including phenoxy) is 1. The summed E-state index contributed by atoms with van der Waals surface area (Å²) in [6.45, 7) is 2.96. The Balaban J connectivity index is 1.52. The minimum atomic E-state index is 0.397. The lowest BCUT2D eigenvalue weighted by Gasteiger charge is -2.53. The molecule has 3 heteroatoms. The molecule has 0 aromatic heterocycles. The summed E-state index contributed by atoms with van der Waals surface area (Å²) >= 11 is 0. The standard InChI is InChI=1S/C15H27NO2/c1-2-17-14-11-13(15(14)9-5-6-10-15)16-18-12-7-3-4-8-12/h12-14,16H,2-11H2,1H3. The fraction of sp³-hybridized carbons (Fsp3) is 1.00. The molecule has 3 rings (SSSR count). The number of hydroxylamine groups is 1. The maximum atomic E-state index is 5.92. The third kappa shape index (κ3) is 2.21. The maximum Gasteiger partial charge on any atom is 0.0790 e. The van der Waals surface area contributed by atoms with Gasteiger partial charge in [0.05, 0.1) is 12.2 Å². The van der Waals surface area contributed by atoms with Gasteiger partial charge in [-0.05, 0) is 39.0 Å². The van der Waals surface area contributed by atoms with Crippen LogP contribution in [0.1, 0.15) is 64.7 Å². The Hall–Kier alpha value is -0.120. The number of hydrogen-bond donors (Lipinski definition) is 1. The molecule has 3 aliphatic rings. The molecule has 2 unspecified atom stereocenters. The molecule has 104 valence electrons. The van der Waals surface area contributed by atoms with Crippen molar-refractivity contribution in [3.8, 4) is 0 Å². The molecular formula is C15H27NO2. The first-order valence-electron chi connectivity index (χ1n) is 7.88. The van der Waals surface area contributed by atoms with Crippen molar-refractivity contribution in [1.29, 1.82) is 0 Å². The number of hydrogen-bond acceptors (Lipinski definition) is 3. The summed E-state index contributed by atoms with van der Waals surface area (Å²) in [5.74, 6) is 0. The third-order valence-electron chi connectivity index (χ3n) is 5.37. The van der Waals surface area contributed by atoms with E-state index in [-0.39, 0.29) is 0 Å². The highest BCUT2D eigenvalue weighted by atomic mass is 16.7. The van der Waals surface area contributed by atoms with Crippen LogP contribution >= 0.6 is 0 Å².